The Morgan fingerprint density at radius 2 is 2.30 bits per heavy atom. The Balaban J connectivity index is 1.34. The van der Waals surface area contributed by atoms with Crippen LogP contribution in [0.25, 0.3) is 10.2 Å². The highest BCUT2D eigenvalue weighted by atomic mass is 32.2. The molecule has 1 N–H and O–H groups in total. The van der Waals surface area contributed by atoms with Gasteiger partial charge in [-0.25, -0.2) is 9.37 Å². The van der Waals surface area contributed by atoms with E-state index in [1.54, 1.807) is 23.1 Å². The van der Waals surface area contributed by atoms with Crippen molar-refractivity contribution in [1.29, 1.82) is 0 Å². The number of thioether (sulfide) groups is 1. The van der Waals surface area contributed by atoms with Gasteiger partial charge in [0.2, 0.25) is 5.91 Å². The van der Waals surface area contributed by atoms with E-state index in [0.29, 0.717) is 39.1 Å². The molecule has 1 amide bonds. The van der Waals surface area contributed by atoms with Gasteiger partial charge in [-0.15, -0.1) is 11.8 Å². The molecular weight excluding hydrogens is 385 g/mol. The van der Waals surface area contributed by atoms with Gasteiger partial charge in [-0.1, -0.05) is 11.3 Å². The van der Waals surface area contributed by atoms with E-state index in [2.05, 4.69) is 28.6 Å². The minimum atomic E-state index is -1.34. The zero-order valence-electron chi connectivity index (χ0n) is 15.4. The van der Waals surface area contributed by atoms with Crippen LogP contribution in [0.2, 0.25) is 0 Å². The Hall–Kier alpha value is -1.38. The molecule has 8 heteroatoms. The van der Waals surface area contributed by atoms with Crippen LogP contribution >= 0.6 is 23.1 Å². The van der Waals surface area contributed by atoms with Crippen LogP contribution in [0.1, 0.15) is 19.3 Å². The summed E-state index contributed by atoms with van der Waals surface area (Å²) in [6, 6.07) is 6.29. The van der Waals surface area contributed by atoms with Crippen LogP contribution in [0.4, 0.5) is 9.52 Å². The van der Waals surface area contributed by atoms with Gasteiger partial charge in [-0.3, -0.25) is 4.79 Å². The molecule has 0 aliphatic carbocycles. The van der Waals surface area contributed by atoms with Gasteiger partial charge in [0.15, 0.2) is 5.13 Å². The third-order valence-electron chi connectivity index (χ3n) is 5.39. The lowest BCUT2D eigenvalue weighted by Gasteiger charge is -2.36. The first kappa shape index (κ1) is 19.0. The van der Waals surface area contributed by atoms with Crippen LogP contribution in [0.5, 0.6) is 0 Å². The molecule has 1 atom stereocenters. The second kappa shape index (κ2) is 7.93. The van der Waals surface area contributed by atoms with Crippen molar-refractivity contribution in [2.75, 3.05) is 44.0 Å². The maximum Gasteiger partial charge on any atom is 0.225 e. The zero-order valence-corrected chi connectivity index (χ0v) is 17.0. The van der Waals surface area contributed by atoms with Crippen molar-refractivity contribution in [1.82, 2.24) is 10.3 Å². The fourth-order valence-corrected chi connectivity index (χ4v) is 5.13. The fraction of sp³-hybridized carbons (Fsp3) is 0.579. The molecule has 1 unspecified atom stereocenters. The maximum atomic E-state index is 15.1. The molecule has 2 fully saturated rings. The highest BCUT2D eigenvalue weighted by Gasteiger charge is 2.36. The fourth-order valence-electron chi connectivity index (χ4n) is 3.56. The number of fused-ring (bicyclic) bond motifs is 1. The second-order valence-electron chi connectivity index (χ2n) is 7.25. The molecule has 0 spiro atoms. The van der Waals surface area contributed by atoms with Crippen LogP contribution < -0.4 is 10.2 Å². The molecule has 0 bridgehead atoms. The van der Waals surface area contributed by atoms with E-state index in [-0.39, 0.29) is 18.4 Å². The summed E-state index contributed by atoms with van der Waals surface area (Å²) < 4.78 is 21.5. The van der Waals surface area contributed by atoms with E-state index in [4.69, 9.17) is 9.72 Å². The largest absolute Gasteiger partial charge is 0.381 e. The summed E-state index contributed by atoms with van der Waals surface area (Å²) in [4.78, 5) is 20.2. The Labute approximate surface area is 166 Å². The highest BCUT2D eigenvalue weighted by Crippen LogP contribution is 2.35. The van der Waals surface area contributed by atoms with Gasteiger partial charge >= 0.3 is 0 Å². The number of benzene rings is 1. The van der Waals surface area contributed by atoms with E-state index in [9.17, 15) is 4.79 Å². The topological polar surface area (TPSA) is 54.5 Å². The molecule has 2 saturated heterocycles. The van der Waals surface area contributed by atoms with E-state index >= 15 is 4.39 Å². The lowest BCUT2D eigenvalue weighted by Crippen LogP contribution is -2.49. The van der Waals surface area contributed by atoms with Gasteiger partial charge in [0.05, 0.1) is 29.3 Å². The molecular formula is C19H24FN3O2S2. The van der Waals surface area contributed by atoms with Gasteiger partial charge in [-0.05, 0) is 30.9 Å². The number of carbonyl (C=O) groups is 1. The number of nitrogens with zero attached hydrogens (tertiary/aromatic N) is 2. The summed E-state index contributed by atoms with van der Waals surface area (Å²) in [5, 5.41) is 3.75. The predicted octanol–water partition coefficient (Wildman–Crippen LogP) is 3.48. The molecule has 1 aromatic carbocycles. The zero-order chi connectivity index (χ0) is 18.9. The Kier molecular flexibility index (Phi) is 5.57. The Morgan fingerprint density at radius 3 is 3.00 bits per heavy atom. The first-order valence-electron chi connectivity index (χ1n) is 9.30. The van der Waals surface area contributed by atoms with E-state index < -0.39 is 5.67 Å². The normalized spacial score (nSPS) is 22.3. The van der Waals surface area contributed by atoms with Crippen LogP contribution in [-0.2, 0) is 9.53 Å². The number of aromatic nitrogens is 1. The monoisotopic (exact) mass is 409 g/mol. The Morgan fingerprint density at radius 1 is 1.48 bits per heavy atom. The number of rotatable bonds is 5. The standard InChI is InChI=1S/C19H24FN3O2S2/c1-26-14-2-3-15-16(10-14)27-18(22-15)23-7-5-19(20,6-8-23)12-21-17(24)13-4-9-25-11-13/h2-3,10,13H,4-9,11-12H2,1H3,(H,21,24). The number of piperidine rings is 1. The molecule has 146 valence electrons. The summed E-state index contributed by atoms with van der Waals surface area (Å²) in [7, 11) is 0. The number of alkyl halides is 1. The quantitative estimate of drug-likeness (QED) is 0.767. The van der Waals surface area contributed by atoms with Gasteiger partial charge < -0.3 is 15.0 Å². The molecule has 2 aromatic rings. The molecule has 3 heterocycles. The smallest absolute Gasteiger partial charge is 0.225 e. The molecule has 5 nitrogen and oxygen atoms in total. The van der Waals surface area contributed by atoms with Gasteiger partial charge in [0, 0.05) is 37.4 Å². The van der Waals surface area contributed by atoms with Crippen molar-refractivity contribution in [2.45, 2.75) is 29.8 Å². The number of nitrogens with one attached hydrogen (secondary N) is 1. The van der Waals surface area contributed by atoms with Crippen molar-refractivity contribution in [2.24, 2.45) is 5.92 Å². The van der Waals surface area contributed by atoms with E-state index in [1.807, 2.05) is 6.07 Å². The molecule has 27 heavy (non-hydrogen) atoms. The summed E-state index contributed by atoms with van der Waals surface area (Å²) in [6.45, 7) is 2.40. The molecule has 1 aromatic heterocycles. The average molecular weight is 410 g/mol. The van der Waals surface area contributed by atoms with E-state index in [0.717, 1.165) is 17.1 Å². The first-order chi connectivity index (χ1) is 13.1. The number of ether oxygens (including phenoxy) is 1. The first-order valence-corrected chi connectivity index (χ1v) is 11.3. The van der Waals surface area contributed by atoms with Crippen molar-refractivity contribution < 1.29 is 13.9 Å². The maximum absolute atomic E-state index is 15.1. The summed E-state index contributed by atoms with van der Waals surface area (Å²) in [5.74, 6) is -0.203. The molecule has 2 aliphatic rings. The highest BCUT2D eigenvalue weighted by molar-refractivity contribution is 7.98. The van der Waals surface area contributed by atoms with Gasteiger partial charge in [0.1, 0.15) is 5.67 Å². The molecule has 4 rings (SSSR count). The predicted molar refractivity (Wildman–Crippen MR) is 109 cm³/mol. The van der Waals surface area contributed by atoms with Crippen molar-refractivity contribution in [3.05, 3.63) is 18.2 Å². The van der Waals surface area contributed by atoms with Gasteiger partial charge in [0.25, 0.3) is 0 Å². The number of amides is 1. The minimum absolute atomic E-state index is 0.0808. The number of thiazole rings is 1. The minimum Gasteiger partial charge on any atom is -0.381 e. The third kappa shape index (κ3) is 4.22. The molecule has 2 aliphatic heterocycles. The average Bonchev–Trinajstić information content (AvgIpc) is 3.36. The van der Waals surface area contributed by atoms with Gasteiger partial charge in [-0.2, -0.15) is 0 Å². The number of carbonyl (C=O) groups excluding carboxylic acids is 1. The van der Waals surface area contributed by atoms with Crippen LogP contribution in [0.3, 0.4) is 0 Å². The number of hydrogen-bond donors (Lipinski definition) is 1. The van der Waals surface area contributed by atoms with Crippen molar-refractivity contribution >= 4 is 44.4 Å². The van der Waals surface area contributed by atoms with Crippen molar-refractivity contribution in [3.8, 4) is 0 Å². The number of hydrogen-bond acceptors (Lipinski definition) is 6. The van der Waals surface area contributed by atoms with Crippen LogP contribution in [0.15, 0.2) is 23.1 Å². The van der Waals surface area contributed by atoms with E-state index in [1.165, 1.54) is 9.60 Å². The SMILES string of the molecule is CSc1ccc2nc(N3CCC(F)(CNC(=O)C4CCOC4)CC3)sc2c1. The van der Waals surface area contributed by atoms with Crippen LogP contribution in [-0.4, -0.2) is 55.7 Å². The molecule has 0 saturated carbocycles. The summed E-state index contributed by atoms with van der Waals surface area (Å²) in [5.41, 5.74) is -0.343. The van der Waals surface area contributed by atoms with Crippen LogP contribution in [0, 0.1) is 5.92 Å². The lowest BCUT2D eigenvalue weighted by atomic mass is 9.93. The van der Waals surface area contributed by atoms with Crippen molar-refractivity contribution in [3.63, 3.8) is 0 Å². The lowest BCUT2D eigenvalue weighted by molar-refractivity contribution is -0.125. The third-order valence-corrected chi connectivity index (χ3v) is 7.20. The second-order valence-corrected chi connectivity index (χ2v) is 9.14. The molecule has 0 radical (unpaired) electrons. The summed E-state index contributed by atoms with van der Waals surface area (Å²) >= 11 is 3.38. The summed E-state index contributed by atoms with van der Waals surface area (Å²) in [6.07, 6.45) is 3.60. The Bertz CT molecular complexity index is 814. The number of halogens is 1. The number of anilines is 1.